The highest BCUT2D eigenvalue weighted by atomic mass is 79.9. The molecule has 4 heteroatoms. The van der Waals surface area contributed by atoms with E-state index in [4.69, 9.17) is 0 Å². The van der Waals surface area contributed by atoms with Gasteiger partial charge in [-0.1, -0.05) is 15.9 Å². The van der Waals surface area contributed by atoms with Crippen LogP contribution in [0.15, 0.2) is 24.5 Å². The molecular formula is C12H15BrN2O. The van der Waals surface area contributed by atoms with E-state index in [1.54, 1.807) is 18.5 Å². The quantitative estimate of drug-likeness (QED) is 0.781. The highest BCUT2D eigenvalue weighted by Gasteiger charge is 2.26. The third-order valence-corrected chi connectivity index (χ3v) is 3.72. The lowest BCUT2D eigenvalue weighted by Crippen LogP contribution is -2.44. The minimum Gasteiger partial charge on any atom is -0.335 e. The van der Waals surface area contributed by atoms with E-state index in [0.29, 0.717) is 11.6 Å². The van der Waals surface area contributed by atoms with Gasteiger partial charge in [0.2, 0.25) is 0 Å². The molecule has 1 fully saturated rings. The molecule has 1 aliphatic heterocycles. The van der Waals surface area contributed by atoms with Crippen molar-refractivity contribution >= 4 is 21.8 Å². The first kappa shape index (κ1) is 11.6. The van der Waals surface area contributed by atoms with Crippen molar-refractivity contribution in [2.24, 2.45) is 0 Å². The third-order valence-electron chi connectivity index (χ3n) is 2.97. The molecule has 1 atom stereocenters. The predicted molar refractivity (Wildman–Crippen MR) is 66.7 cm³/mol. The van der Waals surface area contributed by atoms with Crippen molar-refractivity contribution in [3.63, 3.8) is 0 Å². The molecule has 1 aromatic heterocycles. The van der Waals surface area contributed by atoms with E-state index in [1.165, 1.54) is 6.42 Å². The van der Waals surface area contributed by atoms with Gasteiger partial charge in [-0.2, -0.15) is 0 Å². The second kappa shape index (κ2) is 5.43. The molecule has 2 heterocycles. The Balaban J connectivity index is 2.14. The minimum atomic E-state index is 0.109. The topological polar surface area (TPSA) is 33.2 Å². The first-order chi connectivity index (χ1) is 7.83. The lowest BCUT2D eigenvalue weighted by molar-refractivity contribution is 0.0641. The Hall–Kier alpha value is -0.900. The van der Waals surface area contributed by atoms with Gasteiger partial charge in [-0.15, -0.1) is 0 Å². The van der Waals surface area contributed by atoms with Crippen LogP contribution in [0.2, 0.25) is 0 Å². The Labute approximate surface area is 104 Å². The van der Waals surface area contributed by atoms with Crippen LogP contribution in [0.4, 0.5) is 0 Å². The molecular weight excluding hydrogens is 268 g/mol. The molecule has 0 spiro atoms. The van der Waals surface area contributed by atoms with Gasteiger partial charge in [0.05, 0.1) is 5.56 Å². The lowest BCUT2D eigenvalue weighted by atomic mass is 10.0. The number of amides is 1. The molecule has 0 aromatic carbocycles. The Kier molecular flexibility index (Phi) is 3.93. The molecule has 86 valence electrons. The molecule has 0 saturated carbocycles. The summed E-state index contributed by atoms with van der Waals surface area (Å²) in [5.41, 5.74) is 0.690. The number of likely N-dealkylation sites (tertiary alicyclic amines) is 1. The second-order valence-corrected chi connectivity index (χ2v) is 4.69. The number of pyridine rings is 1. The van der Waals surface area contributed by atoms with E-state index in [0.717, 1.165) is 24.7 Å². The van der Waals surface area contributed by atoms with Gasteiger partial charge in [0, 0.05) is 30.3 Å². The van der Waals surface area contributed by atoms with Crippen LogP contribution in [0.5, 0.6) is 0 Å². The number of hydrogen-bond acceptors (Lipinski definition) is 2. The summed E-state index contributed by atoms with van der Waals surface area (Å²) in [7, 11) is 0. The van der Waals surface area contributed by atoms with E-state index in [-0.39, 0.29) is 5.91 Å². The molecule has 0 aliphatic carbocycles. The number of rotatable bonds is 2. The maximum atomic E-state index is 12.2. The molecule has 1 saturated heterocycles. The predicted octanol–water partition coefficient (Wildman–Crippen LogP) is 2.47. The smallest absolute Gasteiger partial charge is 0.255 e. The van der Waals surface area contributed by atoms with E-state index < -0.39 is 0 Å². The summed E-state index contributed by atoms with van der Waals surface area (Å²) in [5, 5.41) is 0.860. The zero-order chi connectivity index (χ0) is 11.4. The van der Waals surface area contributed by atoms with E-state index >= 15 is 0 Å². The number of aromatic nitrogens is 1. The molecule has 16 heavy (non-hydrogen) atoms. The van der Waals surface area contributed by atoms with Crippen LogP contribution in [-0.2, 0) is 0 Å². The zero-order valence-electron chi connectivity index (χ0n) is 9.10. The second-order valence-electron chi connectivity index (χ2n) is 4.04. The number of halogens is 1. The summed E-state index contributed by atoms with van der Waals surface area (Å²) in [6, 6.07) is 3.97. The average molecular weight is 283 g/mol. The molecule has 0 radical (unpaired) electrons. The van der Waals surface area contributed by atoms with E-state index in [9.17, 15) is 4.79 Å². The van der Waals surface area contributed by atoms with Crippen LogP contribution in [0.3, 0.4) is 0 Å². The van der Waals surface area contributed by atoms with Crippen LogP contribution in [0.1, 0.15) is 29.6 Å². The van der Waals surface area contributed by atoms with Gasteiger partial charge >= 0.3 is 0 Å². The molecule has 1 aliphatic rings. The molecule has 1 aromatic rings. The lowest BCUT2D eigenvalue weighted by Gasteiger charge is -2.34. The number of nitrogens with zero attached hydrogens (tertiary/aromatic N) is 2. The highest BCUT2D eigenvalue weighted by Crippen LogP contribution is 2.20. The number of hydrogen-bond donors (Lipinski definition) is 0. The Morgan fingerprint density at radius 3 is 3.12 bits per heavy atom. The maximum Gasteiger partial charge on any atom is 0.255 e. The molecule has 3 nitrogen and oxygen atoms in total. The fraction of sp³-hybridized carbons (Fsp3) is 0.500. The number of carbonyl (C=O) groups excluding carboxylic acids is 1. The standard InChI is InChI=1S/C12H15BrN2O/c13-8-11-5-1-2-7-15(11)12(16)10-4-3-6-14-9-10/h3-4,6,9,11H,1-2,5,7-8H2. The van der Waals surface area contributed by atoms with Gasteiger partial charge in [0.15, 0.2) is 0 Å². The monoisotopic (exact) mass is 282 g/mol. The van der Waals surface area contributed by atoms with Crippen LogP contribution in [-0.4, -0.2) is 33.7 Å². The molecule has 2 rings (SSSR count). The van der Waals surface area contributed by atoms with Crippen LogP contribution in [0, 0.1) is 0 Å². The molecule has 0 N–H and O–H groups in total. The Bertz CT molecular complexity index is 355. The van der Waals surface area contributed by atoms with Crippen LogP contribution < -0.4 is 0 Å². The number of carbonyl (C=O) groups is 1. The average Bonchev–Trinajstić information content (AvgIpc) is 2.39. The molecule has 0 bridgehead atoms. The van der Waals surface area contributed by atoms with Crippen molar-refractivity contribution < 1.29 is 4.79 Å². The van der Waals surface area contributed by atoms with Gasteiger partial charge < -0.3 is 4.90 Å². The Morgan fingerprint density at radius 2 is 2.44 bits per heavy atom. The minimum absolute atomic E-state index is 0.109. The van der Waals surface area contributed by atoms with Gasteiger partial charge in [0.1, 0.15) is 0 Å². The van der Waals surface area contributed by atoms with Gasteiger partial charge in [0.25, 0.3) is 5.91 Å². The summed E-state index contributed by atoms with van der Waals surface area (Å²) >= 11 is 3.48. The van der Waals surface area contributed by atoms with Crippen molar-refractivity contribution in [1.82, 2.24) is 9.88 Å². The van der Waals surface area contributed by atoms with Gasteiger partial charge in [-0.05, 0) is 31.4 Å². The SMILES string of the molecule is O=C(c1cccnc1)N1CCCCC1CBr. The maximum absolute atomic E-state index is 12.2. The molecule has 1 unspecified atom stereocenters. The summed E-state index contributed by atoms with van der Waals surface area (Å²) in [6.45, 7) is 0.865. The number of alkyl halides is 1. The normalized spacial score (nSPS) is 20.8. The summed E-state index contributed by atoms with van der Waals surface area (Å²) in [5.74, 6) is 0.109. The fourth-order valence-electron chi connectivity index (χ4n) is 2.08. The van der Waals surface area contributed by atoms with E-state index in [2.05, 4.69) is 20.9 Å². The largest absolute Gasteiger partial charge is 0.335 e. The Morgan fingerprint density at radius 1 is 1.56 bits per heavy atom. The zero-order valence-corrected chi connectivity index (χ0v) is 10.7. The first-order valence-electron chi connectivity index (χ1n) is 5.60. The van der Waals surface area contributed by atoms with Gasteiger partial charge in [-0.25, -0.2) is 0 Å². The van der Waals surface area contributed by atoms with Crippen LogP contribution in [0.25, 0.3) is 0 Å². The van der Waals surface area contributed by atoms with E-state index in [1.807, 2.05) is 11.0 Å². The van der Waals surface area contributed by atoms with Crippen molar-refractivity contribution in [2.75, 3.05) is 11.9 Å². The van der Waals surface area contributed by atoms with Gasteiger partial charge in [-0.3, -0.25) is 9.78 Å². The van der Waals surface area contributed by atoms with Crippen molar-refractivity contribution in [2.45, 2.75) is 25.3 Å². The molecule has 1 amide bonds. The van der Waals surface area contributed by atoms with Crippen molar-refractivity contribution in [3.8, 4) is 0 Å². The fourth-order valence-corrected chi connectivity index (χ4v) is 2.76. The van der Waals surface area contributed by atoms with Crippen molar-refractivity contribution in [1.29, 1.82) is 0 Å². The van der Waals surface area contributed by atoms with Crippen molar-refractivity contribution in [3.05, 3.63) is 30.1 Å². The highest BCUT2D eigenvalue weighted by molar-refractivity contribution is 9.09. The first-order valence-corrected chi connectivity index (χ1v) is 6.72. The summed E-state index contributed by atoms with van der Waals surface area (Å²) < 4.78 is 0. The summed E-state index contributed by atoms with van der Waals surface area (Å²) in [6.07, 6.45) is 6.75. The summed E-state index contributed by atoms with van der Waals surface area (Å²) in [4.78, 5) is 18.2. The number of piperidine rings is 1. The third kappa shape index (κ3) is 2.43. The van der Waals surface area contributed by atoms with Crippen LogP contribution >= 0.6 is 15.9 Å².